The fraction of sp³-hybridized carbons (Fsp3) is 1.00. The van der Waals surface area contributed by atoms with Gasteiger partial charge in [0.2, 0.25) is 0 Å². The summed E-state index contributed by atoms with van der Waals surface area (Å²) in [7, 11) is 0. The zero-order valence-corrected chi connectivity index (χ0v) is 13.3. The van der Waals surface area contributed by atoms with Gasteiger partial charge in [-0.1, -0.05) is 27.2 Å². The Labute approximate surface area is 114 Å². The van der Waals surface area contributed by atoms with E-state index in [9.17, 15) is 0 Å². The van der Waals surface area contributed by atoms with Crippen molar-refractivity contribution in [2.75, 3.05) is 19.6 Å². The Kier molecular flexibility index (Phi) is 3.81. The zero-order valence-electron chi connectivity index (χ0n) is 13.3. The first-order chi connectivity index (χ1) is 8.18. The van der Waals surface area contributed by atoms with Gasteiger partial charge in [-0.25, -0.2) is 0 Å². The van der Waals surface area contributed by atoms with Gasteiger partial charge in [-0.3, -0.25) is 9.80 Å². The van der Waals surface area contributed by atoms with Crippen molar-refractivity contribution in [2.45, 2.75) is 78.4 Å². The number of hydrogen-bond donors (Lipinski definition) is 0. The topological polar surface area (TPSA) is 6.48 Å². The summed E-state index contributed by atoms with van der Waals surface area (Å²) >= 11 is 0. The van der Waals surface area contributed by atoms with Crippen LogP contribution in [0.4, 0.5) is 0 Å². The first-order valence-corrected chi connectivity index (χ1v) is 7.69. The summed E-state index contributed by atoms with van der Waals surface area (Å²) in [5.74, 6) is 0. The summed E-state index contributed by atoms with van der Waals surface area (Å²) in [6.07, 6.45) is 4.23. The lowest BCUT2D eigenvalue weighted by molar-refractivity contribution is -0.0273. The minimum Gasteiger partial charge on any atom is -0.297 e. The van der Waals surface area contributed by atoms with Crippen molar-refractivity contribution in [1.82, 2.24) is 9.80 Å². The first kappa shape index (κ1) is 14.3. The predicted octanol–water partition coefficient (Wildman–Crippen LogP) is 3.37. The van der Waals surface area contributed by atoms with Crippen molar-refractivity contribution in [2.24, 2.45) is 5.41 Å². The molecule has 0 amide bonds. The van der Waals surface area contributed by atoms with E-state index in [2.05, 4.69) is 51.3 Å². The maximum atomic E-state index is 2.78. The highest BCUT2D eigenvalue weighted by Crippen LogP contribution is 2.36. The minimum atomic E-state index is 0.334. The molecule has 1 heterocycles. The molecule has 0 aromatic heterocycles. The smallest absolute Gasteiger partial charge is 0.0257 e. The van der Waals surface area contributed by atoms with Gasteiger partial charge < -0.3 is 0 Å². The number of rotatable bonds is 1. The molecule has 0 aromatic rings. The van der Waals surface area contributed by atoms with Crippen molar-refractivity contribution in [3.8, 4) is 0 Å². The SMILES string of the molecule is CC(C)(C)CN1CCN(C(C)(C)C)C2CCCC21. The molecule has 106 valence electrons. The van der Waals surface area contributed by atoms with Crippen molar-refractivity contribution in [1.29, 1.82) is 0 Å². The van der Waals surface area contributed by atoms with Crippen LogP contribution in [0.2, 0.25) is 0 Å². The zero-order chi connectivity index (χ0) is 13.6. The third kappa shape index (κ3) is 3.08. The summed E-state index contributed by atoms with van der Waals surface area (Å²) in [6.45, 7) is 18.0. The molecule has 1 saturated heterocycles. The van der Waals surface area contributed by atoms with Crippen LogP contribution in [0.5, 0.6) is 0 Å². The Balaban J connectivity index is 2.09. The van der Waals surface area contributed by atoms with E-state index in [0.717, 1.165) is 12.1 Å². The molecule has 2 atom stereocenters. The Morgan fingerprint density at radius 1 is 0.889 bits per heavy atom. The highest BCUT2D eigenvalue weighted by molar-refractivity contribution is 5.00. The number of fused-ring (bicyclic) bond motifs is 1. The highest BCUT2D eigenvalue weighted by Gasteiger charge is 2.43. The molecule has 2 aliphatic rings. The van der Waals surface area contributed by atoms with E-state index in [1.807, 2.05) is 0 Å². The Morgan fingerprint density at radius 3 is 2.06 bits per heavy atom. The summed E-state index contributed by atoms with van der Waals surface area (Å²) in [5, 5.41) is 0. The summed E-state index contributed by atoms with van der Waals surface area (Å²) < 4.78 is 0. The van der Waals surface area contributed by atoms with Crippen molar-refractivity contribution < 1.29 is 0 Å². The molecule has 0 radical (unpaired) electrons. The van der Waals surface area contributed by atoms with Crippen LogP contribution in [-0.4, -0.2) is 47.1 Å². The second-order valence-corrected chi connectivity index (χ2v) is 8.46. The molecule has 2 rings (SSSR count). The molecule has 2 heteroatoms. The standard InChI is InChI=1S/C16H32N2/c1-15(2,3)12-17-10-11-18(16(4,5)6)14-9-7-8-13(14)17/h13-14H,7-12H2,1-6H3. The molecular weight excluding hydrogens is 220 g/mol. The number of hydrogen-bond acceptors (Lipinski definition) is 2. The molecule has 2 fully saturated rings. The molecular formula is C16H32N2. The third-order valence-electron chi connectivity index (χ3n) is 4.48. The van der Waals surface area contributed by atoms with Crippen LogP contribution in [0.1, 0.15) is 60.8 Å². The van der Waals surface area contributed by atoms with Gasteiger partial charge in [0.05, 0.1) is 0 Å². The predicted molar refractivity (Wildman–Crippen MR) is 78.9 cm³/mol. The van der Waals surface area contributed by atoms with Gasteiger partial charge in [0.1, 0.15) is 0 Å². The molecule has 2 unspecified atom stereocenters. The average molecular weight is 252 g/mol. The van der Waals surface area contributed by atoms with E-state index in [1.54, 1.807) is 0 Å². The molecule has 0 bridgehead atoms. The highest BCUT2D eigenvalue weighted by atomic mass is 15.3. The van der Waals surface area contributed by atoms with Crippen LogP contribution in [0.25, 0.3) is 0 Å². The quantitative estimate of drug-likeness (QED) is 0.706. The van der Waals surface area contributed by atoms with Crippen LogP contribution in [0.15, 0.2) is 0 Å². The van der Waals surface area contributed by atoms with Crippen molar-refractivity contribution in [3.63, 3.8) is 0 Å². The van der Waals surface area contributed by atoms with Gasteiger partial charge >= 0.3 is 0 Å². The molecule has 0 spiro atoms. The van der Waals surface area contributed by atoms with E-state index in [0.29, 0.717) is 11.0 Å². The van der Waals surface area contributed by atoms with Crippen molar-refractivity contribution >= 4 is 0 Å². The molecule has 1 aliphatic heterocycles. The molecule has 2 nitrogen and oxygen atoms in total. The summed E-state index contributed by atoms with van der Waals surface area (Å²) in [6, 6.07) is 1.62. The lowest BCUT2D eigenvalue weighted by atomic mass is 9.91. The third-order valence-corrected chi connectivity index (χ3v) is 4.48. The van der Waals surface area contributed by atoms with Gasteiger partial charge in [0.15, 0.2) is 0 Å². The second-order valence-electron chi connectivity index (χ2n) is 8.46. The van der Waals surface area contributed by atoms with E-state index in [1.165, 1.54) is 38.9 Å². The Bertz CT molecular complexity index is 284. The summed E-state index contributed by atoms with van der Waals surface area (Å²) in [4.78, 5) is 5.55. The number of nitrogens with zero attached hydrogens (tertiary/aromatic N) is 2. The van der Waals surface area contributed by atoms with Gasteiger partial charge in [-0.05, 0) is 39.0 Å². The minimum absolute atomic E-state index is 0.334. The lowest BCUT2D eigenvalue weighted by Gasteiger charge is -2.51. The first-order valence-electron chi connectivity index (χ1n) is 7.69. The van der Waals surface area contributed by atoms with Gasteiger partial charge in [-0.15, -0.1) is 0 Å². The molecule has 1 saturated carbocycles. The van der Waals surface area contributed by atoms with Crippen molar-refractivity contribution in [3.05, 3.63) is 0 Å². The summed E-state index contributed by atoms with van der Waals surface area (Å²) in [5.41, 5.74) is 0.762. The largest absolute Gasteiger partial charge is 0.297 e. The van der Waals surface area contributed by atoms with Crippen LogP contribution < -0.4 is 0 Å². The van der Waals surface area contributed by atoms with Crippen LogP contribution in [0, 0.1) is 5.41 Å². The molecule has 18 heavy (non-hydrogen) atoms. The number of piperazine rings is 1. The Hall–Kier alpha value is -0.0800. The molecule has 0 N–H and O–H groups in total. The fourth-order valence-corrected chi connectivity index (χ4v) is 3.92. The van der Waals surface area contributed by atoms with Gasteiger partial charge in [0, 0.05) is 37.3 Å². The van der Waals surface area contributed by atoms with Crippen LogP contribution in [-0.2, 0) is 0 Å². The van der Waals surface area contributed by atoms with Gasteiger partial charge in [0.25, 0.3) is 0 Å². The average Bonchev–Trinajstić information content (AvgIpc) is 2.62. The second kappa shape index (κ2) is 4.79. The van der Waals surface area contributed by atoms with Crippen LogP contribution >= 0.6 is 0 Å². The molecule has 0 aromatic carbocycles. The Morgan fingerprint density at radius 2 is 1.50 bits per heavy atom. The monoisotopic (exact) mass is 252 g/mol. The van der Waals surface area contributed by atoms with E-state index >= 15 is 0 Å². The van der Waals surface area contributed by atoms with E-state index < -0.39 is 0 Å². The molecule has 1 aliphatic carbocycles. The normalized spacial score (nSPS) is 31.7. The van der Waals surface area contributed by atoms with E-state index in [-0.39, 0.29) is 0 Å². The van der Waals surface area contributed by atoms with Crippen LogP contribution in [0.3, 0.4) is 0 Å². The maximum Gasteiger partial charge on any atom is 0.0257 e. The van der Waals surface area contributed by atoms with Gasteiger partial charge in [-0.2, -0.15) is 0 Å². The fourth-order valence-electron chi connectivity index (χ4n) is 3.92. The van der Waals surface area contributed by atoms with E-state index in [4.69, 9.17) is 0 Å². The maximum absolute atomic E-state index is 2.78. The lowest BCUT2D eigenvalue weighted by Crippen LogP contribution is -2.63.